The average Bonchev–Trinajstić information content (AvgIpc) is 2.65. The van der Waals surface area contributed by atoms with Gasteiger partial charge >= 0.3 is 5.97 Å². The topological polar surface area (TPSA) is 72.8 Å². The number of aliphatic carboxylic acids is 1. The van der Waals surface area contributed by atoms with Crippen molar-refractivity contribution in [2.24, 2.45) is 0 Å². The van der Waals surface area contributed by atoms with Gasteiger partial charge in [-0.05, 0) is 34.2 Å². The molecule has 0 aromatic heterocycles. The van der Waals surface area contributed by atoms with Crippen molar-refractivity contribution in [3.8, 4) is 0 Å². The fraction of sp³-hybridized carbons (Fsp3) is 0.923. The first-order chi connectivity index (χ1) is 8.29. The number of nitrogens with one attached hydrogen (secondary N) is 1. The lowest BCUT2D eigenvalue weighted by molar-refractivity contribution is -0.139. The summed E-state index contributed by atoms with van der Waals surface area (Å²) < 4.78 is 0. The molecule has 18 heavy (non-hydrogen) atoms. The Hall–Kier alpha value is -0.650. The van der Waals surface area contributed by atoms with Gasteiger partial charge in [0, 0.05) is 25.0 Å². The van der Waals surface area contributed by atoms with Gasteiger partial charge in [0.2, 0.25) is 0 Å². The maximum absolute atomic E-state index is 10.2. The minimum absolute atomic E-state index is 0.329. The van der Waals surface area contributed by atoms with E-state index >= 15 is 0 Å². The van der Waals surface area contributed by atoms with Gasteiger partial charge in [-0.3, -0.25) is 9.69 Å². The van der Waals surface area contributed by atoms with Crippen molar-refractivity contribution in [2.75, 3.05) is 13.1 Å². The first-order valence-electron chi connectivity index (χ1n) is 6.69. The number of hydrogen-bond acceptors (Lipinski definition) is 4. The predicted octanol–water partition coefficient (Wildman–Crippen LogP) is 0.919. The van der Waals surface area contributed by atoms with Gasteiger partial charge in [0.15, 0.2) is 0 Å². The van der Waals surface area contributed by atoms with Crippen molar-refractivity contribution < 1.29 is 15.0 Å². The highest BCUT2D eigenvalue weighted by molar-refractivity contribution is 5.73. The minimum Gasteiger partial charge on any atom is -0.480 e. The van der Waals surface area contributed by atoms with E-state index in [4.69, 9.17) is 10.2 Å². The second kappa shape index (κ2) is 8.45. The molecule has 5 nitrogen and oxygen atoms in total. The smallest absolute Gasteiger partial charge is 0.320 e. The molecule has 0 amide bonds. The van der Waals surface area contributed by atoms with Crippen LogP contribution in [0.15, 0.2) is 0 Å². The summed E-state index contributed by atoms with van der Waals surface area (Å²) in [5.41, 5.74) is 0. The molecule has 0 aromatic carbocycles. The molecule has 0 aromatic rings. The third-order valence-corrected chi connectivity index (χ3v) is 3.10. The van der Waals surface area contributed by atoms with Crippen LogP contribution in [0, 0.1) is 0 Å². The van der Waals surface area contributed by atoms with Crippen molar-refractivity contribution in [3.63, 3.8) is 0 Å². The van der Waals surface area contributed by atoms with E-state index in [2.05, 4.69) is 44.8 Å². The zero-order chi connectivity index (χ0) is 14.3. The van der Waals surface area contributed by atoms with Gasteiger partial charge in [-0.15, -0.1) is 0 Å². The van der Waals surface area contributed by atoms with Crippen molar-refractivity contribution in [1.29, 1.82) is 0 Å². The minimum atomic E-state index is -0.883. The van der Waals surface area contributed by atoms with Crippen molar-refractivity contribution in [2.45, 2.75) is 65.3 Å². The monoisotopic (exact) mass is 260 g/mol. The van der Waals surface area contributed by atoms with E-state index in [0.29, 0.717) is 25.0 Å². The molecule has 1 saturated heterocycles. The van der Waals surface area contributed by atoms with Crippen LogP contribution in [0.1, 0.15) is 41.0 Å². The van der Waals surface area contributed by atoms with Crippen molar-refractivity contribution in [3.05, 3.63) is 0 Å². The third kappa shape index (κ3) is 6.33. The number of rotatable bonds is 4. The molecule has 0 radical (unpaired) electrons. The van der Waals surface area contributed by atoms with Crippen LogP contribution in [0.3, 0.4) is 0 Å². The Balaban J connectivity index is 0.000000321. The van der Waals surface area contributed by atoms with Gasteiger partial charge in [0.05, 0.1) is 6.10 Å². The molecule has 2 atom stereocenters. The lowest BCUT2D eigenvalue weighted by atomic mass is 10.2. The highest BCUT2D eigenvalue weighted by Crippen LogP contribution is 2.05. The van der Waals surface area contributed by atoms with Gasteiger partial charge in [-0.1, -0.05) is 6.92 Å². The molecule has 3 N–H and O–H groups in total. The van der Waals surface area contributed by atoms with Crippen LogP contribution in [0.2, 0.25) is 0 Å². The van der Waals surface area contributed by atoms with Gasteiger partial charge in [0.25, 0.3) is 0 Å². The number of carbonyl (C=O) groups is 1. The summed E-state index contributed by atoms with van der Waals surface area (Å²) in [5, 5.41) is 19.8. The Morgan fingerprint density at radius 2 is 1.83 bits per heavy atom. The van der Waals surface area contributed by atoms with E-state index in [-0.39, 0.29) is 0 Å². The lowest BCUT2D eigenvalue weighted by Crippen LogP contribution is -2.36. The molecule has 1 aliphatic rings. The van der Waals surface area contributed by atoms with Gasteiger partial charge < -0.3 is 15.5 Å². The molecule has 0 unspecified atom stereocenters. The van der Waals surface area contributed by atoms with Crippen LogP contribution >= 0.6 is 0 Å². The first-order valence-corrected chi connectivity index (χ1v) is 6.69. The summed E-state index contributed by atoms with van der Waals surface area (Å²) in [6.45, 7) is 12.7. The Morgan fingerprint density at radius 1 is 1.33 bits per heavy atom. The quantitative estimate of drug-likeness (QED) is 0.701. The van der Waals surface area contributed by atoms with Crippen LogP contribution < -0.4 is 5.32 Å². The average molecular weight is 260 g/mol. The number of β-amino-alcohol motifs (C(OH)–C–C–N with tert-alkyl or cyclic N) is 1. The SMILES string of the molecule is CCN(C(C)C)C(C)C.O=C(O)[C@@H]1C[C@@H](O)CN1. The Bertz CT molecular complexity index is 236. The number of carboxylic acids is 1. The fourth-order valence-corrected chi connectivity index (χ4v) is 2.23. The largest absolute Gasteiger partial charge is 0.480 e. The summed E-state index contributed by atoms with van der Waals surface area (Å²) in [6.07, 6.45) is -0.152. The predicted molar refractivity (Wildman–Crippen MR) is 72.7 cm³/mol. The van der Waals surface area contributed by atoms with Crippen molar-refractivity contribution in [1.82, 2.24) is 10.2 Å². The van der Waals surface area contributed by atoms with Crippen LogP contribution in [0.5, 0.6) is 0 Å². The highest BCUT2D eigenvalue weighted by atomic mass is 16.4. The molecule has 1 aliphatic heterocycles. The fourth-order valence-electron chi connectivity index (χ4n) is 2.23. The summed E-state index contributed by atoms with van der Waals surface area (Å²) in [6, 6.07) is 0.838. The zero-order valence-electron chi connectivity index (χ0n) is 12.2. The van der Waals surface area contributed by atoms with E-state index in [1.807, 2.05) is 0 Å². The molecule has 5 heteroatoms. The molecular weight excluding hydrogens is 232 g/mol. The van der Waals surface area contributed by atoms with Gasteiger partial charge in [-0.25, -0.2) is 0 Å². The first kappa shape index (κ1) is 17.4. The number of nitrogens with zero attached hydrogens (tertiary/aromatic N) is 1. The summed E-state index contributed by atoms with van der Waals surface area (Å²) >= 11 is 0. The zero-order valence-corrected chi connectivity index (χ0v) is 12.2. The molecule has 1 rings (SSSR count). The van der Waals surface area contributed by atoms with E-state index < -0.39 is 18.1 Å². The van der Waals surface area contributed by atoms with Crippen LogP contribution in [0.4, 0.5) is 0 Å². The second-order valence-electron chi connectivity index (χ2n) is 5.21. The van der Waals surface area contributed by atoms with Gasteiger partial charge in [0.1, 0.15) is 6.04 Å². The molecule has 0 aliphatic carbocycles. The summed E-state index contributed by atoms with van der Waals surface area (Å²) in [7, 11) is 0. The standard InChI is InChI=1S/C8H19N.C5H9NO3/c1-6-9(7(2)3)8(4)5;7-3-1-4(5(8)9)6-2-3/h7-8H,6H2,1-5H3;3-4,6-7H,1-2H2,(H,8,9)/t;3-,4+/m.1/s1. The van der Waals surface area contributed by atoms with Crippen LogP contribution in [-0.4, -0.2) is 58.4 Å². The van der Waals surface area contributed by atoms with E-state index in [9.17, 15) is 4.79 Å². The third-order valence-electron chi connectivity index (χ3n) is 3.10. The maximum atomic E-state index is 10.2. The Morgan fingerprint density at radius 3 is 1.94 bits per heavy atom. The summed E-state index contributed by atoms with van der Waals surface area (Å²) in [5.74, 6) is -0.883. The van der Waals surface area contributed by atoms with Crippen LogP contribution in [0.25, 0.3) is 0 Å². The number of carboxylic acid groups (broad SMARTS) is 1. The summed E-state index contributed by atoms with van der Waals surface area (Å²) in [4.78, 5) is 12.6. The number of hydrogen-bond donors (Lipinski definition) is 3. The van der Waals surface area contributed by atoms with Crippen molar-refractivity contribution >= 4 is 5.97 Å². The molecule has 0 saturated carbocycles. The molecule has 0 bridgehead atoms. The molecular formula is C13H28N2O3. The van der Waals surface area contributed by atoms with E-state index in [1.54, 1.807) is 0 Å². The number of aliphatic hydroxyl groups excluding tert-OH is 1. The molecule has 108 valence electrons. The normalized spacial score (nSPS) is 23.4. The lowest BCUT2D eigenvalue weighted by Gasteiger charge is -2.28. The Kier molecular flexibility index (Phi) is 8.15. The van der Waals surface area contributed by atoms with E-state index in [0.717, 1.165) is 6.54 Å². The van der Waals surface area contributed by atoms with Crippen LogP contribution in [-0.2, 0) is 4.79 Å². The molecule has 0 spiro atoms. The highest BCUT2D eigenvalue weighted by Gasteiger charge is 2.27. The van der Waals surface area contributed by atoms with E-state index in [1.165, 1.54) is 0 Å². The molecule has 1 fully saturated rings. The Labute approximate surface area is 110 Å². The van der Waals surface area contributed by atoms with Gasteiger partial charge in [-0.2, -0.15) is 0 Å². The molecule has 1 heterocycles. The second-order valence-corrected chi connectivity index (χ2v) is 5.21. The maximum Gasteiger partial charge on any atom is 0.320 e. The number of aliphatic hydroxyl groups is 1.